The molecule has 1 saturated carbocycles. The fourth-order valence-corrected chi connectivity index (χ4v) is 5.17. The van der Waals surface area contributed by atoms with Crippen LogP contribution in [0.4, 0.5) is 22.2 Å². The highest BCUT2D eigenvalue weighted by molar-refractivity contribution is 5.89. The lowest BCUT2D eigenvalue weighted by atomic mass is 9.91. The number of aryl methyl sites for hydroxylation is 1. The smallest absolute Gasteiger partial charge is 0.319 e. The van der Waals surface area contributed by atoms with Gasteiger partial charge in [0.25, 0.3) is 0 Å². The Bertz CT molecular complexity index is 1050. The number of rotatable bonds is 5. The number of ether oxygens (including phenoxy) is 2. The zero-order valence-corrected chi connectivity index (χ0v) is 20.7. The van der Waals surface area contributed by atoms with Gasteiger partial charge in [-0.1, -0.05) is 0 Å². The van der Waals surface area contributed by atoms with Crippen molar-refractivity contribution < 1.29 is 14.3 Å². The summed E-state index contributed by atoms with van der Waals surface area (Å²) in [6.45, 7) is 1.26. The van der Waals surface area contributed by atoms with Crippen molar-refractivity contribution in [1.29, 1.82) is 0 Å². The molecule has 0 unspecified atom stereocenters. The second kappa shape index (κ2) is 10.6. The van der Waals surface area contributed by atoms with Gasteiger partial charge in [0.05, 0.1) is 18.9 Å². The maximum atomic E-state index is 12.6. The summed E-state index contributed by atoms with van der Waals surface area (Å²) >= 11 is 0. The van der Waals surface area contributed by atoms with Crippen molar-refractivity contribution in [3.63, 3.8) is 0 Å². The summed E-state index contributed by atoms with van der Waals surface area (Å²) in [5.74, 6) is 3.17. The summed E-state index contributed by atoms with van der Waals surface area (Å²) < 4.78 is 11.4. The third-order valence-corrected chi connectivity index (χ3v) is 6.99. The second-order valence-electron chi connectivity index (χ2n) is 9.90. The van der Waals surface area contributed by atoms with Crippen LogP contribution in [-0.2, 0) is 12.8 Å². The Morgan fingerprint density at radius 2 is 1.69 bits per heavy atom. The summed E-state index contributed by atoms with van der Waals surface area (Å²) in [6, 6.07) is 5.78. The minimum atomic E-state index is -0.190. The van der Waals surface area contributed by atoms with Crippen molar-refractivity contribution in [2.24, 2.45) is 0 Å². The normalized spacial score (nSPS) is 21.3. The third-order valence-electron chi connectivity index (χ3n) is 6.99. The molecule has 9 heteroatoms. The van der Waals surface area contributed by atoms with Crippen LogP contribution in [0, 0.1) is 0 Å². The predicted octanol–water partition coefficient (Wildman–Crippen LogP) is 4.13. The molecule has 1 aromatic heterocycles. The van der Waals surface area contributed by atoms with Crippen LogP contribution in [0.15, 0.2) is 18.2 Å². The number of amides is 2. The Morgan fingerprint density at radius 3 is 2.49 bits per heavy atom. The van der Waals surface area contributed by atoms with E-state index in [0.717, 1.165) is 62.5 Å². The Balaban J connectivity index is 1.12. The quantitative estimate of drug-likeness (QED) is 0.592. The number of benzene rings is 1. The number of fused-ring (bicyclic) bond motifs is 2. The fraction of sp³-hybridized carbons (Fsp3) is 0.577. The fourth-order valence-electron chi connectivity index (χ4n) is 5.17. The number of nitrogens with one attached hydrogen (secondary N) is 3. The van der Waals surface area contributed by atoms with Crippen LogP contribution in [-0.4, -0.2) is 55.4 Å². The molecule has 2 amide bonds. The molecule has 0 spiro atoms. The summed E-state index contributed by atoms with van der Waals surface area (Å²) in [5.41, 5.74) is 3.20. The van der Waals surface area contributed by atoms with Crippen LogP contribution in [0.1, 0.15) is 56.2 Å². The number of hydrogen-bond acceptors (Lipinski definition) is 7. The van der Waals surface area contributed by atoms with E-state index in [4.69, 9.17) is 19.4 Å². The number of nitrogens with zero attached hydrogens (tertiary/aromatic N) is 3. The minimum absolute atomic E-state index is 0.148. The number of urea groups is 1. The Labute approximate surface area is 207 Å². The van der Waals surface area contributed by atoms with Crippen LogP contribution >= 0.6 is 0 Å². The van der Waals surface area contributed by atoms with Gasteiger partial charge in [-0.3, -0.25) is 0 Å². The van der Waals surface area contributed by atoms with Crippen molar-refractivity contribution in [2.45, 2.75) is 69.9 Å². The minimum Gasteiger partial charge on any atom is -0.490 e. The molecule has 35 heavy (non-hydrogen) atoms. The molecule has 0 saturated heterocycles. The van der Waals surface area contributed by atoms with E-state index in [-0.39, 0.29) is 12.1 Å². The number of aromatic nitrogens is 2. The van der Waals surface area contributed by atoms with Crippen LogP contribution < -0.4 is 30.3 Å². The lowest BCUT2D eigenvalue weighted by Gasteiger charge is -2.30. The molecular formula is C26H36N6O3. The molecule has 1 aromatic carbocycles. The van der Waals surface area contributed by atoms with Gasteiger partial charge < -0.3 is 30.3 Å². The van der Waals surface area contributed by atoms with Gasteiger partial charge in [-0.05, 0) is 63.5 Å². The molecule has 2 aliphatic carbocycles. The number of carbonyl (C=O) groups is 1. The van der Waals surface area contributed by atoms with E-state index in [1.807, 2.05) is 18.2 Å². The Kier molecular flexibility index (Phi) is 7.11. The molecule has 5 rings (SSSR count). The van der Waals surface area contributed by atoms with Crippen molar-refractivity contribution in [3.8, 4) is 11.5 Å². The lowest BCUT2D eigenvalue weighted by molar-refractivity contribution is 0.243. The van der Waals surface area contributed by atoms with Crippen molar-refractivity contribution in [1.82, 2.24) is 15.3 Å². The van der Waals surface area contributed by atoms with Gasteiger partial charge >= 0.3 is 6.03 Å². The van der Waals surface area contributed by atoms with Gasteiger partial charge in [-0.15, -0.1) is 0 Å². The largest absolute Gasteiger partial charge is 0.490 e. The molecule has 3 aliphatic rings. The summed E-state index contributed by atoms with van der Waals surface area (Å²) in [7, 11) is 4.10. The summed E-state index contributed by atoms with van der Waals surface area (Å²) in [5, 5.41) is 9.62. The van der Waals surface area contributed by atoms with Gasteiger partial charge in [0.15, 0.2) is 11.5 Å². The highest BCUT2D eigenvalue weighted by Crippen LogP contribution is 2.32. The van der Waals surface area contributed by atoms with Gasteiger partial charge in [-0.2, -0.15) is 4.98 Å². The second-order valence-corrected chi connectivity index (χ2v) is 9.90. The zero-order chi connectivity index (χ0) is 24.2. The van der Waals surface area contributed by atoms with E-state index in [2.05, 4.69) is 34.9 Å². The third kappa shape index (κ3) is 5.71. The van der Waals surface area contributed by atoms with Crippen molar-refractivity contribution in [2.75, 3.05) is 42.8 Å². The van der Waals surface area contributed by atoms with Gasteiger partial charge in [0, 0.05) is 49.9 Å². The zero-order valence-electron chi connectivity index (χ0n) is 20.7. The van der Waals surface area contributed by atoms with Crippen molar-refractivity contribution in [3.05, 3.63) is 29.5 Å². The average Bonchev–Trinajstić information content (AvgIpc) is 3.10. The number of anilines is 3. The molecule has 0 radical (unpaired) electrons. The Morgan fingerprint density at radius 1 is 0.943 bits per heavy atom. The van der Waals surface area contributed by atoms with Crippen LogP contribution in [0.25, 0.3) is 0 Å². The molecule has 0 atom stereocenters. The lowest BCUT2D eigenvalue weighted by Crippen LogP contribution is -2.42. The highest BCUT2D eigenvalue weighted by atomic mass is 16.5. The first kappa shape index (κ1) is 23.5. The number of carbonyl (C=O) groups excluding carboxylic acids is 1. The summed E-state index contributed by atoms with van der Waals surface area (Å²) in [4.78, 5) is 24.4. The maximum Gasteiger partial charge on any atom is 0.319 e. The Hall–Kier alpha value is -3.23. The van der Waals surface area contributed by atoms with Gasteiger partial charge in [-0.25, -0.2) is 9.78 Å². The highest BCUT2D eigenvalue weighted by Gasteiger charge is 2.25. The van der Waals surface area contributed by atoms with Gasteiger partial charge in [0.2, 0.25) is 5.95 Å². The maximum absolute atomic E-state index is 12.6. The van der Waals surface area contributed by atoms with Crippen LogP contribution in [0.2, 0.25) is 0 Å². The van der Waals surface area contributed by atoms with Gasteiger partial charge in [0.1, 0.15) is 5.82 Å². The predicted molar refractivity (Wildman–Crippen MR) is 137 cm³/mol. The molecule has 3 N–H and O–H groups in total. The first-order chi connectivity index (χ1) is 17.0. The molecule has 2 heterocycles. The molecule has 1 aliphatic heterocycles. The first-order valence-electron chi connectivity index (χ1n) is 12.9. The molecule has 1 fully saturated rings. The van der Waals surface area contributed by atoms with Crippen LogP contribution in [0.5, 0.6) is 11.5 Å². The first-order valence-corrected chi connectivity index (χ1v) is 12.9. The van der Waals surface area contributed by atoms with E-state index < -0.39 is 0 Å². The van der Waals surface area contributed by atoms with E-state index in [1.54, 1.807) is 0 Å². The van der Waals surface area contributed by atoms with E-state index in [1.165, 1.54) is 24.1 Å². The standard InChI is InChI=1S/C26H36N6O3/c1-32(2)24-20-6-3-4-7-21(20)30-25(31-24)27-17-8-10-18(11-9-17)28-26(33)29-19-12-13-22-23(16-19)35-15-5-14-34-22/h12-13,16-18H,3-11,14-15H2,1-2H3,(H,27,30,31)(H2,28,29,33). The van der Waals surface area contributed by atoms with Crippen molar-refractivity contribution >= 4 is 23.5 Å². The number of hydrogen-bond donors (Lipinski definition) is 3. The average molecular weight is 481 g/mol. The topological polar surface area (TPSA) is 101 Å². The monoisotopic (exact) mass is 480 g/mol. The SMILES string of the molecule is CN(C)c1nc(NC2CCC(NC(=O)Nc3ccc4c(c3)OCCCO4)CC2)nc2c1CCCC2. The van der Waals surface area contributed by atoms with E-state index in [9.17, 15) is 4.79 Å². The molecule has 0 bridgehead atoms. The van der Waals surface area contributed by atoms with E-state index >= 15 is 0 Å². The molecule has 2 aromatic rings. The van der Waals surface area contributed by atoms with E-state index in [0.29, 0.717) is 30.7 Å². The molecular weight excluding hydrogens is 444 g/mol. The molecule has 9 nitrogen and oxygen atoms in total. The van der Waals surface area contributed by atoms with Crippen LogP contribution in [0.3, 0.4) is 0 Å². The summed E-state index contributed by atoms with van der Waals surface area (Å²) in [6.07, 6.45) is 9.11. The molecule has 188 valence electrons.